The van der Waals surface area contributed by atoms with Crippen LogP contribution in [0.5, 0.6) is 5.75 Å². The van der Waals surface area contributed by atoms with E-state index in [0.717, 1.165) is 41.8 Å². The average molecular weight is 347 g/mol. The predicted molar refractivity (Wildman–Crippen MR) is 102 cm³/mol. The molecule has 1 amide bonds. The van der Waals surface area contributed by atoms with Crippen molar-refractivity contribution in [2.24, 2.45) is 11.8 Å². The molecule has 1 fully saturated rings. The lowest BCUT2D eigenvalue weighted by Crippen LogP contribution is -2.47. The van der Waals surface area contributed by atoms with Crippen molar-refractivity contribution in [1.82, 2.24) is 0 Å². The van der Waals surface area contributed by atoms with E-state index in [0.29, 0.717) is 18.4 Å². The van der Waals surface area contributed by atoms with Gasteiger partial charge in [0.05, 0.1) is 6.61 Å². The van der Waals surface area contributed by atoms with Crippen LogP contribution < -0.4 is 10.1 Å². The second-order valence-corrected chi connectivity index (χ2v) is 8.00. The maximum Gasteiger partial charge on any atom is 0.256 e. The number of hydrogen-bond acceptors (Lipinski definition) is 3. The fourth-order valence-electron chi connectivity index (χ4n) is 3.73. The summed E-state index contributed by atoms with van der Waals surface area (Å²) < 4.78 is 11.6. The maximum atomic E-state index is 12.9. The van der Waals surface area contributed by atoms with E-state index >= 15 is 0 Å². The number of aryl methyl sites for hydroxylation is 2. The molecule has 0 radical (unpaired) electrons. The van der Waals surface area contributed by atoms with Crippen molar-refractivity contribution in [3.63, 3.8) is 0 Å². The topological polar surface area (TPSA) is 47.6 Å². The highest BCUT2D eigenvalue weighted by Gasteiger charge is 2.42. The van der Waals surface area contributed by atoms with Crippen molar-refractivity contribution in [2.75, 3.05) is 19.0 Å². The largest absolute Gasteiger partial charge is 0.493 e. The summed E-state index contributed by atoms with van der Waals surface area (Å²) in [6.07, 6.45) is 3.76. The third-order valence-electron chi connectivity index (χ3n) is 5.04. The third kappa shape index (κ3) is 4.75. The number of benzene rings is 1. The molecule has 25 heavy (non-hydrogen) atoms. The Bertz CT molecular complexity index is 588. The molecular formula is C21H33NO3. The Kier molecular flexibility index (Phi) is 6.50. The number of amides is 1. The van der Waals surface area contributed by atoms with Gasteiger partial charge in [-0.2, -0.15) is 0 Å². The Labute approximate surface area is 152 Å². The summed E-state index contributed by atoms with van der Waals surface area (Å²) in [5, 5.41) is 3.08. The van der Waals surface area contributed by atoms with Gasteiger partial charge < -0.3 is 14.8 Å². The van der Waals surface area contributed by atoms with Crippen LogP contribution in [0, 0.1) is 25.7 Å². The molecule has 2 unspecified atom stereocenters. The molecule has 0 heterocycles. The number of anilines is 1. The number of hydrogen-bond donors (Lipinski definition) is 1. The second-order valence-electron chi connectivity index (χ2n) is 8.00. The van der Waals surface area contributed by atoms with Crippen molar-refractivity contribution < 1.29 is 14.3 Å². The zero-order valence-electron chi connectivity index (χ0n) is 16.6. The molecule has 0 bridgehead atoms. The maximum absolute atomic E-state index is 12.9. The first kappa shape index (κ1) is 19.8. The van der Waals surface area contributed by atoms with Gasteiger partial charge in [-0.15, -0.1) is 0 Å². The van der Waals surface area contributed by atoms with Crippen molar-refractivity contribution in [1.29, 1.82) is 0 Å². The van der Waals surface area contributed by atoms with E-state index in [1.54, 1.807) is 7.11 Å². The minimum absolute atomic E-state index is 0.0313. The molecule has 0 spiro atoms. The standard InChI is InChI=1S/C21H33NO3/c1-14(2)13-25-19-16(4)10-18(11-17(19)5)22-20(23)21(24-6)9-7-8-15(3)12-21/h10-11,14-15H,7-9,12-13H2,1-6H3,(H,22,23). The van der Waals surface area contributed by atoms with Gasteiger partial charge in [-0.25, -0.2) is 0 Å². The quantitative estimate of drug-likeness (QED) is 0.798. The minimum atomic E-state index is -0.702. The van der Waals surface area contributed by atoms with E-state index < -0.39 is 5.60 Å². The number of carbonyl (C=O) groups excluding carboxylic acids is 1. The monoisotopic (exact) mass is 347 g/mol. The van der Waals surface area contributed by atoms with Crippen LogP contribution in [0.15, 0.2) is 12.1 Å². The Morgan fingerprint density at radius 1 is 1.32 bits per heavy atom. The molecule has 1 aromatic carbocycles. The summed E-state index contributed by atoms with van der Waals surface area (Å²) >= 11 is 0. The van der Waals surface area contributed by atoms with E-state index in [1.165, 1.54) is 6.42 Å². The molecule has 0 aromatic heterocycles. The molecule has 1 aliphatic rings. The van der Waals surface area contributed by atoms with Crippen LogP contribution in [0.3, 0.4) is 0 Å². The van der Waals surface area contributed by atoms with Gasteiger partial charge in [0.15, 0.2) is 0 Å². The van der Waals surface area contributed by atoms with Gasteiger partial charge >= 0.3 is 0 Å². The van der Waals surface area contributed by atoms with Gasteiger partial charge in [0.2, 0.25) is 0 Å². The van der Waals surface area contributed by atoms with Crippen LogP contribution >= 0.6 is 0 Å². The second kappa shape index (κ2) is 8.22. The molecule has 1 aliphatic carbocycles. The molecule has 0 aliphatic heterocycles. The summed E-state index contributed by atoms with van der Waals surface area (Å²) in [5.41, 5.74) is 2.19. The number of methoxy groups -OCH3 is 1. The molecule has 4 heteroatoms. The van der Waals surface area contributed by atoms with Crippen molar-refractivity contribution in [2.45, 2.75) is 65.9 Å². The number of rotatable bonds is 6. The highest BCUT2D eigenvalue weighted by molar-refractivity contribution is 5.97. The summed E-state index contributed by atoms with van der Waals surface area (Å²) in [6, 6.07) is 3.96. The Morgan fingerprint density at radius 2 is 1.96 bits per heavy atom. The average Bonchev–Trinajstić information content (AvgIpc) is 2.53. The Hall–Kier alpha value is -1.55. The van der Waals surface area contributed by atoms with E-state index in [9.17, 15) is 4.79 Å². The number of nitrogens with one attached hydrogen (secondary N) is 1. The first-order valence-corrected chi connectivity index (χ1v) is 9.38. The van der Waals surface area contributed by atoms with E-state index in [1.807, 2.05) is 26.0 Å². The van der Waals surface area contributed by atoms with E-state index in [4.69, 9.17) is 9.47 Å². The van der Waals surface area contributed by atoms with Crippen LogP contribution in [0.25, 0.3) is 0 Å². The molecule has 1 saturated carbocycles. The SMILES string of the molecule is COC1(C(=O)Nc2cc(C)c(OCC(C)C)c(C)c2)CCCC(C)C1. The predicted octanol–water partition coefficient (Wildman–Crippen LogP) is 4.87. The highest BCUT2D eigenvalue weighted by atomic mass is 16.5. The summed E-state index contributed by atoms with van der Waals surface area (Å²) in [7, 11) is 1.65. The van der Waals surface area contributed by atoms with E-state index in [-0.39, 0.29) is 5.91 Å². The molecule has 140 valence electrons. The van der Waals surface area contributed by atoms with Crippen LogP contribution in [0.2, 0.25) is 0 Å². The third-order valence-corrected chi connectivity index (χ3v) is 5.04. The molecule has 1 N–H and O–H groups in total. The zero-order valence-corrected chi connectivity index (χ0v) is 16.6. The molecule has 4 nitrogen and oxygen atoms in total. The Balaban J connectivity index is 2.15. The van der Waals surface area contributed by atoms with Crippen LogP contribution in [0.4, 0.5) is 5.69 Å². The van der Waals surface area contributed by atoms with Crippen molar-refractivity contribution in [3.8, 4) is 5.75 Å². The lowest BCUT2D eigenvalue weighted by molar-refractivity contribution is -0.143. The lowest BCUT2D eigenvalue weighted by atomic mass is 9.78. The minimum Gasteiger partial charge on any atom is -0.493 e. The van der Waals surface area contributed by atoms with Gasteiger partial charge in [0.1, 0.15) is 11.4 Å². The molecule has 1 aromatic rings. The summed E-state index contributed by atoms with van der Waals surface area (Å²) in [4.78, 5) is 12.9. The lowest BCUT2D eigenvalue weighted by Gasteiger charge is -2.37. The van der Waals surface area contributed by atoms with Gasteiger partial charge in [0.25, 0.3) is 5.91 Å². The van der Waals surface area contributed by atoms with Gasteiger partial charge in [-0.1, -0.05) is 27.2 Å². The van der Waals surface area contributed by atoms with Crippen LogP contribution in [-0.2, 0) is 9.53 Å². The van der Waals surface area contributed by atoms with Crippen LogP contribution in [-0.4, -0.2) is 25.2 Å². The fraction of sp³-hybridized carbons (Fsp3) is 0.667. The highest BCUT2D eigenvalue weighted by Crippen LogP contribution is 2.36. The molecule has 2 rings (SSSR count). The van der Waals surface area contributed by atoms with Gasteiger partial charge in [-0.05, 0) is 68.2 Å². The fourth-order valence-corrected chi connectivity index (χ4v) is 3.73. The molecular weight excluding hydrogens is 314 g/mol. The zero-order chi connectivity index (χ0) is 18.6. The smallest absolute Gasteiger partial charge is 0.256 e. The first-order valence-electron chi connectivity index (χ1n) is 9.38. The van der Waals surface area contributed by atoms with E-state index in [2.05, 4.69) is 26.1 Å². The molecule has 0 saturated heterocycles. The normalized spacial score (nSPS) is 23.6. The summed E-state index contributed by atoms with van der Waals surface area (Å²) in [6.45, 7) is 11.2. The first-order chi connectivity index (χ1) is 11.8. The Morgan fingerprint density at radius 3 is 2.48 bits per heavy atom. The number of carbonyl (C=O) groups is 1. The van der Waals surface area contributed by atoms with Gasteiger partial charge in [-0.3, -0.25) is 4.79 Å². The van der Waals surface area contributed by atoms with Crippen LogP contribution in [0.1, 0.15) is 57.6 Å². The summed E-state index contributed by atoms with van der Waals surface area (Å²) in [5.74, 6) is 1.87. The van der Waals surface area contributed by atoms with Crippen molar-refractivity contribution in [3.05, 3.63) is 23.3 Å². The molecule has 2 atom stereocenters. The number of ether oxygens (including phenoxy) is 2. The van der Waals surface area contributed by atoms with Gasteiger partial charge in [0, 0.05) is 12.8 Å². The van der Waals surface area contributed by atoms with Crippen molar-refractivity contribution >= 4 is 11.6 Å².